The van der Waals surface area contributed by atoms with Gasteiger partial charge in [0, 0.05) is 18.6 Å². The highest BCUT2D eigenvalue weighted by Crippen LogP contribution is 2.47. The molecule has 3 aliphatic carbocycles. The van der Waals surface area contributed by atoms with Gasteiger partial charge in [-0.2, -0.15) is 0 Å². The number of nitrogens with zero attached hydrogens (tertiary/aromatic N) is 1. The smallest absolute Gasteiger partial charge is 0.0126 e. The van der Waals surface area contributed by atoms with Gasteiger partial charge >= 0.3 is 0 Å². The summed E-state index contributed by atoms with van der Waals surface area (Å²) in [6.07, 6.45) is 12.0. The monoisotopic (exact) mass is 248 g/mol. The van der Waals surface area contributed by atoms with Crippen molar-refractivity contribution < 1.29 is 0 Å². The molecule has 1 heterocycles. The number of hydrogen-bond donors (Lipinski definition) is 1. The van der Waals surface area contributed by atoms with Crippen LogP contribution in [0.5, 0.6) is 0 Å². The van der Waals surface area contributed by atoms with Crippen LogP contribution in [0.1, 0.15) is 51.4 Å². The summed E-state index contributed by atoms with van der Waals surface area (Å²) in [7, 11) is 0. The molecule has 18 heavy (non-hydrogen) atoms. The Kier molecular flexibility index (Phi) is 3.12. The topological polar surface area (TPSA) is 15.3 Å². The Morgan fingerprint density at radius 2 is 1.94 bits per heavy atom. The van der Waals surface area contributed by atoms with Gasteiger partial charge in [-0.25, -0.2) is 0 Å². The van der Waals surface area contributed by atoms with E-state index in [1.165, 1.54) is 58.2 Å². The van der Waals surface area contributed by atoms with Crippen molar-refractivity contribution in [2.45, 2.75) is 63.5 Å². The summed E-state index contributed by atoms with van der Waals surface area (Å²) in [5, 5.41) is 3.74. The van der Waals surface area contributed by atoms with Gasteiger partial charge in [-0.1, -0.05) is 6.42 Å². The Balaban J connectivity index is 1.31. The molecule has 1 saturated heterocycles. The molecule has 2 bridgehead atoms. The molecule has 2 heteroatoms. The van der Waals surface area contributed by atoms with E-state index in [0.717, 1.165) is 29.8 Å². The Labute approximate surface area is 111 Å². The van der Waals surface area contributed by atoms with Crippen LogP contribution in [0.25, 0.3) is 0 Å². The van der Waals surface area contributed by atoms with Gasteiger partial charge in [0.15, 0.2) is 0 Å². The number of piperidine rings is 1. The number of fused-ring (bicyclic) bond motifs is 2. The minimum absolute atomic E-state index is 0.892. The van der Waals surface area contributed by atoms with Crippen LogP contribution in [0.15, 0.2) is 0 Å². The van der Waals surface area contributed by atoms with Gasteiger partial charge in [0.25, 0.3) is 0 Å². The number of nitrogens with one attached hydrogen (secondary N) is 1. The molecule has 4 aliphatic rings. The molecule has 4 rings (SSSR count). The second-order valence-electron chi connectivity index (χ2n) is 7.43. The SMILES string of the molecule is C1CC(CNC2CC2)CN(C2CC3CCC2C3)C1. The summed E-state index contributed by atoms with van der Waals surface area (Å²) < 4.78 is 0. The van der Waals surface area contributed by atoms with E-state index in [0.29, 0.717) is 0 Å². The van der Waals surface area contributed by atoms with Gasteiger partial charge in [-0.05, 0) is 75.8 Å². The van der Waals surface area contributed by atoms with Crippen molar-refractivity contribution in [3.63, 3.8) is 0 Å². The molecule has 0 aromatic carbocycles. The van der Waals surface area contributed by atoms with Crippen molar-refractivity contribution in [1.82, 2.24) is 10.2 Å². The van der Waals surface area contributed by atoms with Crippen molar-refractivity contribution >= 4 is 0 Å². The van der Waals surface area contributed by atoms with Crippen molar-refractivity contribution in [1.29, 1.82) is 0 Å². The molecule has 102 valence electrons. The standard InChI is InChI=1S/C16H28N2/c1-2-13(10-17-15-5-6-15)11-18(7-1)16-9-12-3-4-14(16)8-12/h12-17H,1-11H2. The van der Waals surface area contributed by atoms with Crippen LogP contribution in [0.4, 0.5) is 0 Å². The lowest BCUT2D eigenvalue weighted by Crippen LogP contribution is -2.47. The summed E-state index contributed by atoms with van der Waals surface area (Å²) in [4.78, 5) is 2.88. The minimum Gasteiger partial charge on any atom is -0.314 e. The zero-order chi connectivity index (χ0) is 11.9. The zero-order valence-electron chi connectivity index (χ0n) is 11.6. The summed E-state index contributed by atoms with van der Waals surface area (Å²) in [5.74, 6) is 3.12. The van der Waals surface area contributed by atoms with Crippen molar-refractivity contribution in [2.75, 3.05) is 19.6 Å². The average Bonchev–Trinajstić information content (AvgIpc) is 3.00. The molecule has 0 radical (unpaired) electrons. The lowest BCUT2D eigenvalue weighted by Gasteiger charge is -2.40. The van der Waals surface area contributed by atoms with Gasteiger partial charge in [-0.15, -0.1) is 0 Å². The molecule has 4 atom stereocenters. The molecule has 1 aliphatic heterocycles. The molecular formula is C16H28N2. The van der Waals surface area contributed by atoms with Gasteiger partial charge in [0.2, 0.25) is 0 Å². The number of likely N-dealkylation sites (tertiary alicyclic amines) is 1. The predicted molar refractivity (Wildman–Crippen MR) is 74.6 cm³/mol. The van der Waals surface area contributed by atoms with E-state index in [1.54, 1.807) is 12.8 Å². The second-order valence-corrected chi connectivity index (χ2v) is 7.43. The average molecular weight is 248 g/mol. The maximum absolute atomic E-state index is 3.74. The van der Waals surface area contributed by atoms with E-state index in [2.05, 4.69) is 10.2 Å². The molecule has 0 aromatic rings. The summed E-state index contributed by atoms with van der Waals surface area (Å²) >= 11 is 0. The van der Waals surface area contributed by atoms with Gasteiger partial charge in [0.1, 0.15) is 0 Å². The van der Waals surface area contributed by atoms with E-state index in [-0.39, 0.29) is 0 Å². The Bertz CT molecular complexity index is 299. The number of rotatable bonds is 4. The predicted octanol–water partition coefficient (Wildman–Crippen LogP) is 2.64. The maximum atomic E-state index is 3.74. The second kappa shape index (κ2) is 4.79. The lowest BCUT2D eigenvalue weighted by molar-refractivity contribution is 0.0882. The summed E-state index contributed by atoms with van der Waals surface area (Å²) in [5.41, 5.74) is 0. The largest absolute Gasteiger partial charge is 0.314 e. The van der Waals surface area contributed by atoms with Gasteiger partial charge < -0.3 is 5.32 Å². The summed E-state index contributed by atoms with van der Waals surface area (Å²) in [6, 6.07) is 1.87. The highest BCUT2D eigenvalue weighted by molar-refractivity contribution is 4.96. The normalized spacial score (nSPS) is 44.7. The Morgan fingerprint density at radius 1 is 1.00 bits per heavy atom. The van der Waals surface area contributed by atoms with Crippen LogP contribution in [0, 0.1) is 17.8 Å². The van der Waals surface area contributed by atoms with Gasteiger partial charge in [0.05, 0.1) is 0 Å². The van der Waals surface area contributed by atoms with Crippen LogP contribution in [0.3, 0.4) is 0 Å². The van der Waals surface area contributed by atoms with Crippen LogP contribution in [-0.4, -0.2) is 36.6 Å². The first-order chi connectivity index (χ1) is 8.88. The fourth-order valence-corrected chi connectivity index (χ4v) is 4.84. The third kappa shape index (κ3) is 2.34. The lowest BCUT2D eigenvalue weighted by atomic mass is 9.90. The fraction of sp³-hybridized carbons (Fsp3) is 1.00. The third-order valence-electron chi connectivity index (χ3n) is 5.99. The van der Waals surface area contributed by atoms with Crippen LogP contribution < -0.4 is 5.32 Å². The third-order valence-corrected chi connectivity index (χ3v) is 5.99. The fourth-order valence-electron chi connectivity index (χ4n) is 4.84. The molecule has 0 amide bonds. The van der Waals surface area contributed by atoms with E-state index in [9.17, 15) is 0 Å². The molecule has 0 aromatic heterocycles. The number of hydrogen-bond acceptors (Lipinski definition) is 2. The molecule has 4 unspecified atom stereocenters. The molecular weight excluding hydrogens is 220 g/mol. The molecule has 1 N–H and O–H groups in total. The van der Waals surface area contributed by atoms with E-state index >= 15 is 0 Å². The molecule has 4 fully saturated rings. The first-order valence-electron chi connectivity index (χ1n) is 8.36. The van der Waals surface area contributed by atoms with Gasteiger partial charge in [-0.3, -0.25) is 4.90 Å². The van der Waals surface area contributed by atoms with Crippen molar-refractivity contribution in [3.05, 3.63) is 0 Å². The van der Waals surface area contributed by atoms with E-state index in [1.807, 2.05) is 0 Å². The first-order valence-corrected chi connectivity index (χ1v) is 8.36. The highest BCUT2D eigenvalue weighted by Gasteiger charge is 2.43. The van der Waals surface area contributed by atoms with Crippen LogP contribution in [0.2, 0.25) is 0 Å². The van der Waals surface area contributed by atoms with E-state index in [4.69, 9.17) is 0 Å². The quantitative estimate of drug-likeness (QED) is 0.823. The Morgan fingerprint density at radius 3 is 2.67 bits per heavy atom. The summed E-state index contributed by atoms with van der Waals surface area (Å²) in [6.45, 7) is 4.09. The highest BCUT2D eigenvalue weighted by atomic mass is 15.2. The molecule has 2 nitrogen and oxygen atoms in total. The van der Waals surface area contributed by atoms with Crippen LogP contribution in [-0.2, 0) is 0 Å². The molecule has 3 saturated carbocycles. The zero-order valence-corrected chi connectivity index (χ0v) is 11.6. The van der Waals surface area contributed by atoms with Crippen molar-refractivity contribution in [2.24, 2.45) is 17.8 Å². The minimum atomic E-state index is 0.892. The van der Waals surface area contributed by atoms with E-state index < -0.39 is 0 Å². The Hall–Kier alpha value is -0.0800. The molecule has 0 spiro atoms. The van der Waals surface area contributed by atoms with Crippen LogP contribution >= 0.6 is 0 Å². The maximum Gasteiger partial charge on any atom is 0.0126 e. The first kappa shape index (κ1) is 11.7. The van der Waals surface area contributed by atoms with Crippen molar-refractivity contribution in [3.8, 4) is 0 Å².